The highest BCUT2D eigenvalue weighted by Crippen LogP contribution is 2.39. The van der Waals surface area contributed by atoms with Gasteiger partial charge in [0.15, 0.2) is 8.32 Å². The molecule has 1 aliphatic carbocycles. The van der Waals surface area contributed by atoms with Crippen molar-refractivity contribution in [2.24, 2.45) is 5.92 Å². The summed E-state index contributed by atoms with van der Waals surface area (Å²) in [6.07, 6.45) is 3.28. The quantitative estimate of drug-likeness (QED) is 0.411. The summed E-state index contributed by atoms with van der Waals surface area (Å²) < 4.78 is 12.6. The molecule has 3 atom stereocenters. The Morgan fingerprint density at radius 3 is 2.48 bits per heavy atom. The Morgan fingerprint density at radius 2 is 1.90 bits per heavy atom. The van der Waals surface area contributed by atoms with Crippen LogP contribution in [0, 0.1) is 5.92 Å². The maximum absolute atomic E-state index is 11.2. The van der Waals surface area contributed by atoms with Crippen molar-refractivity contribution >= 4 is 14.3 Å². The number of carboxylic acids is 1. The van der Waals surface area contributed by atoms with Gasteiger partial charge < -0.3 is 19.4 Å². The zero-order valence-electron chi connectivity index (χ0n) is 18.4. The largest absolute Gasteiger partial charge is 0.491 e. The van der Waals surface area contributed by atoms with Crippen LogP contribution in [0.2, 0.25) is 18.1 Å². The second-order valence-corrected chi connectivity index (χ2v) is 14.2. The minimum Gasteiger partial charge on any atom is -0.491 e. The van der Waals surface area contributed by atoms with E-state index >= 15 is 0 Å². The van der Waals surface area contributed by atoms with Gasteiger partial charge in [0, 0.05) is 5.92 Å². The van der Waals surface area contributed by atoms with Crippen LogP contribution in [0.15, 0.2) is 42.0 Å². The second kappa shape index (κ2) is 9.91. The summed E-state index contributed by atoms with van der Waals surface area (Å²) >= 11 is 0. The van der Waals surface area contributed by atoms with Gasteiger partial charge in [-0.2, -0.15) is 0 Å². The van der Waals surface area contributed by atoms with E-state index in [4.69, 9.17) is 14.3 Å². The second-order valence-electron chi connectivity index (χ2n) is 9.45. The van der Waals surface area contributed by atoms with Gasteiger partial charge in [-0.3, -0.25) is 4.79 Å². The first-order valence-electron chi connectivity index (χ1n) is 10.4. The summed E-state index contributed by atoms with van der Waals surface area (Å²) in [4.78, 5) is 11.2. The van der Waals surface area contributed by atoms with Crippen molar-refractivity contribution in [1.29, 1.82) is 0 Å². The summed E-state index contributed by atoms with van der Waals surface area (Å²) in [6.45, 7) is 11.6. The maximum Gasteiger partial charge on any atom is 0.304 e. The molecule has 1 aliphatic rings. The number of hydrogen-bond acceptors (Lipinski definition) is 4. The van der Waals surface area contributed by atoms with Crippen LogP contribution in [-0.4, -0.2) is 43.3 Å². The van der Waals surface area contributed by atoms with Crippen molar-refractivity contribution in [2.75, 3.05) is 6.61 Å². The third-order valence-electron chi connectivity index (χ3n) is 6.16. The van der Waals surface area contributed by atoms with Gasteiger partial charge >= 0.3 is 5.97 Å². The van der Waals surface area contributed by atoms with Gasteiger partial charge in [0.25, 0.3) is 0 Å². The van der Waals surface area contributed by atoms with Crippen LogP contribution in [0.5, 0.6) is 5.75 Å². The molecule has 2 rings (SSSR count). The lowest BCUT2D eigenvalue weighted by atomic mass is 9.92. The Labute approximate surface area is 175 Å². The molecule has 0 amide bonds. The zero-order chi connectivity index (χ0) is 21.7. The number of rotatable bonds is 10. The first kappa shape index (κ1) is 23.6. The van der Waals surface area contributed by atoms with E-state index in [9.17, 15) is 9.90 Å². The van der Waals surface area contributed by atoms with Crippen molar-refractivity contribution in [3.8, 4) is 5.75 Å². The number of aliphatic carboxylic acids is 1. The number of carboxylic acid groups (broad SMARTS) is 1. The highest BCUT2D eigenvalue weighted by molar-refractivity contribution is 6.74. The highest BCUT2D eigenvalue weighted by Gasteiger charge is 2.39. The zero-order valence-corrected chi connectivity index (χ0v) is 19.4. The molecule has 0 radical (unpaired) electrons. The first-order chi connectivity index (χ1) is 13.5. The molecule has 1 aromatic carbocycles. The molecule has 0 spiro atoms. The minimum atomic E-state index is -1.98. The Balaban J connectivity index is 2.05. The first-order valence-corrected chi connectivity index (χ1v) is 13.3. The fourth-order valence-corrected chi connectivity index (χ4v) is 4.75. The van der Waals surface area contributed by atoms with Crippen LogP contribution in [0.3, 0.4) is 0 Å². The van der Waals surface area contributed by atoms with Gasteiger partial charge in [-0.25, -0.2) is 0 Å². The lowest BCUT2D eigenvalue weighted by Crippen LogP contribution is -2.45. The molecule has 0 heterocycles. The van der Waals surface area contributed by atoms with E-state index in [0.29, 0.717) is 19.4 Å². The molecule has 29 heavy (non-hydrogen) atoms. The van der Waals surface area contributed by atoms with Gasteiger partial charge in [0.2, 0.25) is 0 Å². The molecule has 0 saturated carbocycles. The lowest BCUT2D eigenvalue weighted by Gasteiger charge is -2.39. The number of carbonyl (C=O) groups is 1. The van der Waals surface area contributed by atoms with Crippen molar-refractivity contribution < 1.29 is 24.2 Å². The van der Waals surface area contributed by atoms with E-state index < -0.39 is 20.4 Å². The number of benzene rings is 1. The molecule has 0 saturated heterocycles. The van der Waals surface area contributed by atoms with Crippen molar-refractivity contribution in [2.45, 2.75) is 76.8 Å². The number of ether oxygens (including phenoxy) is 1. The molecule has 0 bridgehead atoms. The molecule has 0 aliphatic heterocycles. The summed E-state index contributed by atoms with van der Waals surface area (Å²) in [7, 11) is -1.98. The molecule has 2 N–H and O–H groups in total. The van der Waals surface area contributed by atoms with Gasteiger partial charge in [-0.05, 0) is 49.5 Å². The Kier molecular flexibility index (Phi) is 8.08. The van der Waals surface area contributed by atoms with Gasteiger partial charge in [-0.1, -0.05) is 50.6 Å². The van der Waals surface area contributed by atoms with E-state index in [-0.39, 0.29) is 23.5 Å². The predicted molar refractivity (Wildman–Crippen MR) is 118 cm³/mol. The van der Waals surface area contributed by atoms with Crippen molar-refractivity contribution in [3.05, 3.63) is 42.0 Å². The van der Waals surface area contributed by atoms with E-state index in [0.717, 1.165) is 17.7 Å². The average Bonchev–Trinajstić information content (AvgIpc) is 2.96. The number of aliphatic hydroxyl groups is 1. The van der Waals surface area contributed by atoms with Crippen molar-refractivity contribution in [1.82, 2.24) is 0 Å². The molecule has 5 nitrogen and oxygen atoms in total. The van der Waals surface area contributed by atoms with Gasteiger partial charge in [0.05, 0.1) is 18.6 Å². The fraction of sp³-hybridized carbons (Fsp3) is 0.609. The third-order valence-corrected chi connectivity index (χ3v) is 10.7. The average molecular weight is 421 g/mol. The number of aliphatic hydroxyl groups excluding tert-OH is 1. The smallest absolute Gasteiger partial charge is 0.304 e. The summed E-state index contributed by atoms with van der Waals surface area (Å²) in [6, 6.07) is 9.71. The lowest BCUT2D eigenvalue weighted by molar-refractivity contribution is -0.138. The van der Waals surface area contributed by atoms with Crippen LogP contribution in [0.4, 0.5) is 0 Å². The minimum absolute atomic E-state index is 0.0265. The van der Waals surface area contributed by atoms with E-state index in [1.807, 2.05) is 36.4 Å². The van der Waals surface area contributed by atoms with Crippen molar-refractivity contribution in [3.63, 3.8) is 0 Å². The summed E-state index contributed by atoms with van der Waals surface area (Å²) in [5.74, 6) is -0.352. The van der Waals surface area contributed by atoms with Crippen LogP contribution in [-0.2, 0) is 9.22 Å². The predicted octanol–water partition coefficient (Wildman–Crippen LogP) is 5.02. The monoisotopic (exact) mass is 420 g/mol. The standard InChI is InChI=1S/C23H36O5Si/c1-23(2,3)29(4,5)28-19(16-27-18-9-7-6-8-10-18)13-11-17-12-14-21(24)20(17)15-22(25)26/h6-10,12,19-21,24H,11,13-16H2,1-5H3,(H,25,26)/t19-,20-,21+/m1/s1. The van der Waals surface area contributed by atoms with Crippen LogP contribution >= 0.6 is 0 Å². The normalized spacial score (nSPS) is 21.0. The molecular formula is C23H36O5Si. The van der Waals surface area contributed by atoms with Gasteiger partial charge in [0.1, 0.15) is 12.4 Å². The van der Waals surface area contributed by atoms with E-state index in [1.54, 1.807) is 0 Å². The summed E-state index contributed by atoms with van der Waals surface area (Å²) in [5.41, 5.74) is 1.03. The highest BCUT2D eigenvalue weighted by atomic mass is 28.4. The Morgan fingerprint density at radius 1 is 1.24 bits per heavy atom. The number of para-hydroxylation sites is 1. The molecule has 6 heteroatoms. The molecular weight excluding hydrogens is 384 g/mol. The van der Waals surface area contributed by atoms with Crippen LogP contribution in [0.1, 0.15) is 46.5 Å². The van der Waals surface area contributed by atoms with E-state index in [2.05, 4.69) is 33.9 Å². The summed E-state index contributed by atoms with van der Waals surface area (Å²) in [5, 5.41) is 19.4. The molecule has 162 valence electrons. The van der Waals surface area contributed by atoms with Crippen LogP contribution in [0.25, 0.3) is 0 Å². The number of hydrogen-bond donors (Lipinski definition) is 2. The van der Waals surface area contributed by atoms with Gasteiger partial charge in [-0.15, -0.1) is 0 Å². The van der Waals surface area contributed by atoms with E-state index in [1.165, 1.54) is 0 Å². The topological polar surface area (TPSA) is 76.0 Å². The third kappa shape index (κ3) is 6.98. The maximum atomic E-state index is 11.2. The molecule has 0 fully saturated rings. The van der Waals surface area contributed by atoms with Crippen LogP contribution < -0.4 is 4.74 Å². The Bertz CT molecular complexity index is 693. The molecule has 1 aromatic rings. The fourth-order valence-electron chi connectivity index (χ4n) is 3.38. The Hall–Kier alpha value is -1.63. The molecule has 0 unspecified atom stereocenters. The molecule has 0 aromatic heterocycles. The SMILES string of the molecule is CC(C)(C)[Si](C)(C)O[C@H](CCC1=CC[C@H](O)[C@@H]1CC(=O)O)COc1ccccc1.